The van der Waals surface area contributed by atoms with Gasteiger partial charge in [0.25, 0.3) is 0 Å². The van der Waals surface area contributed by atoms with E-state index in [1.54, 1.807) is 0 Å². The highest BCUT2D eigenvalue weighted by molar-refractivity contribution is 7.26. The van der Waals surface area contributed by atoms with Crippen molar-refractivity contribution in [3.63, 3.8) is 0 Å². The molecule has 0 unspecified atom stereocenters. The molecule has 0 aliphatic heterocycles. The van der Waals surface area contributed by atoms with Gasteiger partial charge in [0.2, 0.25) is 0 Å². The summed E-state index contributed by atoms with van der Waals surface area (Å²) in [7, 11) is 0. The molecule has 0 atom stereocenters. The summed E-state index contributed by atoms with van der Waals surface area (Å²) in [6.45, 7) is 28.5. The highest BCUT2D eigenvalue weighted by atomic mass is 32.1. The molecular formula is C114H94N8S. The van der Waals surface area contributed by atoms with Crippen molar-refractivity contribution >= 4 is 53.4 Å². The van der Waals surface area contributed by atoms with Crippen LogP contribution in [0.2, 0.25) is 0 Å². The molecule has 0 saturated carbocycles. The maximum absolute atomic E-state index is 5.41. The zero-order valence-electron chi connectivity index (χ0n) is 71.5. The quantitative estimate of drug-likeness (QED) is 0.141. The van der Waals surface area contributed by atoms with Gasteiger partial charge in [-0.3, -0.25) is 4.98 Å². The van der Waals surface area contributed by atoms with E-state index in [9.17, 15) is 0 Å². The predicted molar refractivity (Wildman–Crippen MR) is 513 cm³/mol. The molecule has 14 aromatic carbocycles. The van der Waals surface area contributed by atoms with Crippen LogP contribution < -0.4 is 0 Å². The molecule has 0 radical (unpaired) electrons. The lowest BCUT2D eigenvalue weighted by atomic mass is 9.54. The smallest absolute Gasteiger partial charge is 0.165 e. The number of hydrogen-bond donors (Lipinski definition) is 0. The van der Waals surface area contributed by atoms with Crippen molar-refractivity contribution in [1.29, 1.82) is 0 Å². The number of rotatable bonds is 9. The maximum Gasteiger partial charge on any atom is 0.165 e. The van der Waals surface area contributed by atoms with E-state index in [1.165, 1.54) is 92.5 Å². The van der Waals surface area contributed by atoms with Gasteiger partial charge in [0, 0.05) is 87.2 Å². The third-order valence-electron chi connectivity index (χ3n) is 28.1. The first-order valence-electron chi connectivity index (χ1n) is 42.7. The fourth-order valence-electron chi connectivity index (χ4n) is 19.3. The number of fused-ring (bicyclic) bond motifs is 14. The molecule has 5 heterocycles. The Labute approximate surface area is 724 Å². The zero-order chi connectivity index (χ0) is 84.3. The molecule has 0 saturated heterocycles. The fraction of sp³-hybridized carbons (Fsp3) is 0.158. The first kappa shape index (κ1) is 77.7. The monoisotopic (exact) mass is 1610 g/mol. The first-order chi connectivity index (χ1) is 59.6. The average Bonchev–Trinajstić information content (AvgIpc) is 1.31. The van der Waals surface area contributed by atoms with Crippen LogP contribution in [0.15, 0.2) is 352 Å². The van der Waals surface area contributed by atoms with Gasteiger partial charge in [0.1, 0.15) is 0 Å². The van der Waals surface area contributed by atoms with Crippen LogP contribution in [0.3, 0.4) is 0 Å². The van der Waals surface area contributed by atoms with Gasteiger partial charge in [0.05, 0.1) is 39.3 Å². The van der Waals surface area contributed by atoms with Gasteiger partial charge >= 0.3 is 0 Å². The molecular weight excluding hydrogens is 1510 g/mol. The van der Waals surface area contributed by atoms with Crippen LogP contribution in [-0.4, -0.2) is 39.9 Å². The minimum absolute atomic E-state index is 0.0158. The third kappa shape index (κ3) is 12.9. The Balaban J connectivity index is 0.000000117. The molecule has 0 N–H and O–H groups in total. The summed E-state index contributed by atoms with van der Waals surface area (Å²) in [6.07, 6.45) is 1.89. The summed E-state index contributed by atoms with van der Waals surface area (Å²) in [5, 5.41) is 3.66. The highest BCUT2D eigenvalue weighted by Crippen LogP contribution is 2.60. The molecule has 0 fully saturated rings. The minimum Gasteiger partial charge on any atom is -0.255 e. The molecule has 596 valence electrons. The van der Waals surface area contributed by atoms with Crippen LogP contribution >= 0.6 is 11.3 Å². The summed E-state index contributed by atoms with van der Waals surface area (Å²) in [5.41, 5.74) is 32.9. The fourth-order valence-corrected chi connectivity index (χ4v) is 20.5. The van der Waals surface area contributed by atoms with Crippen molar-refractivity contribution in [2.45, 2.75) is 116 Å². The van der Waals surface area contributed by atoms with Crippen LogP contribution in [0.5, 0.6) is 0 Å². The van der Waals surface area contributed by atoms with E-state index in [4.69, 9.17) is 39.9 Å². The van der Waals surface area contributed by atoms with E-state index in [0.29, 0.717) is 17.5 Å². The lowest BCUT2D eigenvalue weighted by Gasteiger charge is -2.49. The van der Waals surface area contributed by atoms with E-state index in [2.05, 4.69) is 356 Å². The zero-order valence-corrected chi connectivity index (χ0v) is 72.3. The van der Waals surface area contributed by atoms with Crippen LogP contribution in [0.4, 0.5) is 0 Å². The Morgan fingerprint density at radius 3 is 1.26 bits per heavy atom. The summed E-state index contributed by atoms with van der Waals surface area (Å²) >= 11 is 1.84. The Bertz CT molecular complexity index is 7290. The Kier molecular flexibility index (Phi) is 19.0. The van der Waals surface area contributed by atoms with Crippen molar-refractivity contribution in [1.82, 2.24) is 39.9 Å². The molecule has 8 nitrogen and oxygen atoms in total. The second kappa shape index (κ2) is 30.1. The van der Waals surface area contributed by atoms with E-state index in [-0.39, 0.29) is 32.5 Å². The second-order valence-electron chi connectivity index (χ2n) is 36.1. The number of aromatic nitrogens is 8. The molecule has 0 spiro atoms. The number of para-hydroxylation sites is 2. The van der Waals surface area contributed by atoms with Crippen molar-refractivity contribution in [2.75, 3.05) is 0 Å². The molecule has 0 amide bonds. The lowest BCUT2D eigenvalue weighted by molar-refractivity contribution is 0.299. The van der Waals surface area contributed by atoms with Crippen molar-refractivity contribution < 1.29 is 0 Å². The SMILES string of the molecule is CC1(C)c2ccccc2-c2c(-c3ccc(-c4nc(-c5ccccc5)nc(-c5ccccc5)n4)cn3)cccc2C1(C)C.CC1(C)c2ccccc2-c2ccc(-c3nc(-c4cccc5c4sc4ccccc45)c4ccccc4n3)cc2C1(C)C.CC1(C)c2ccccc2-c2cccc(-c3cccc4nc(-c5ccccc5)c(-c5ccccc5)nc34)c2C1(C)C. The summed E-state index contributed by atoms with van der Waals surface area (Å²) in [4.78, 5) is 40.7. The van der Waals surface area contributed by atoms with Gasteiger partial charge in [-0.25, -0.2) is 34.9 Å². The first-order valence-corrected chi connectivity index (χ1v) is 43.5. The molecule has 9 heteroatoms. The Morgan fingerprint density at radius 1 is 0.228 bits per heavy atom. The molecule has 19 aromatic rings. The number of pyridine rings is 1. The minimum atomic E-state index is -0.116. The summed E-state index contributed by atoms with van der Waals surface area (Å²) in [5.74, 6) is 2.65. The number of thiophene rings is 1. The van der Waals surface area contributed by atoms with Crippen LogP contribution in [-0.2, 0) is 32.5 Å². The van der Waals surface area contributed by atoms with Gasteiger partial charge in [-0.1, -0.05) is 392 Å². The Morgan fingerprint density at radius 2 is 0.634 bits per heavy atom. The van der Waals surface area contributed by atoms with Crippen LogP contribution in [0, 0.1) is 0 Å². The van der Waals surface area contributed by atoms with Crippen LogP contribution in [0.1, 0.15) is 116 Å². The molecule has 123 heavy (non-hydrogen) atoms. The van der Waals surface area contributed by atoms with Gasteiger partial charge in [-0.15, -0.1) is 11.3 Å². The topological polar surface area (TPSA) is 103 Å². The molecule has 3 aliphatic rings. The molecule has 22 rings (SSSR count). The second-order valence-corrected chi connectivity index (χ2v) is 37.1. The average molecular weight is 1610 g/mol. The maximum atomic E-state index is 5.41. The highest BCUT2D eigenvalue weighted by Gasteiger charge is 2.49. The van der Waals surface area contributed by atoms with E-state index >= 15 is 0 Å². The van der Waals surface area contributed by atoms with Crippen molar-refractivity contribution in [2.24, 2.45) is 0 Å². The van der Waals surface area contributed by atoms with Gasteiger partial charge in [-0.05, 0) is 136 Å². The number of nitrogens with zero attached hydrogens (tertiary/aromatic N) is 8. The van der Waals surface area contributed by atoms with Crippen molar-refractivity contribution in [3.8, 4) is 135 Å². The van der Waals surface area contributed by atoms with Gasteiger partial charge in [0.15, 0.2) is 23.3 Å². The largest absolute Gasteiger partial charge is 0.255 e. The number of hydrogen-bond acceptors (Lipinski definition) is 9. The van der Waals surface area contributed by atoms with Crippen molar-refractivity contribution in [3.05, 3.63) is 385 Å². The molecule has 3 aliphatic carbocycles. The van der Waals surface area contributed by atoms with E-state index in [0.717, 1.165) is 101 Å². The normalized spacial score (nSPS) is 14.9. The number of benzene rings is 14. The Hall–Kier alpha value is -13.9. The molecule has 0 bridgehead atoms. The third-order valence-corrected chi connectivity index (χ3v) is 29.3. The van der Waals surface area contributed by atoms with E-state index in [1.807, 2.05) is 90.3 Å². The van der Waals surface area contributed by atoms with Crippen LogP contribution in [0.25, 0.3) is 177 Å². The van der Waals surface area contributed by atoms with E-state index < -0.39 is 0 Å². The van der Waals surface area contributed by atoms with Gasteiger partial charge < -0.3 is 0 Å². The van der Waals surface area contributed by atoms with Gasteiger partial charge in [-0.2, -0.15) is 0 Å². The summed E-state index contributed by atoms with van der Waals surface area (Å²) < 4.78 is 2.57. The lowest BCUT2D eigenvalue weighted by Crippen LogP contribution is -2.43. The summed E-state index contributed by atoms with van der Waals surface area (Å²) in [6, 6.07) is 122. The standard InChI is InChI=1S/C38H32N4.C38H30N2S.C38H32N2/c1-37(2)30-20-12-11-18-28(30)33-29(19-13-21-31(33)38(37,3)4)32-23-22-27(24-39-32)36-41-34(25-14-7-5-8-15-25)40-35(42-36)26-16-9-6-10-17-26;1-37(2)30-17-8-5-12-24(30)25-21-20-23(22-31(25)38(37,3)4)36-39-32-18-9-6-14-28(32)34(40-36)29-16-11-15-27-26-13-7-10-19-33(26)41-35(27)29;1-37(2)31-23-12-11-19-27(31)28-20-13-21-29(33(28)38(37,3)4)30-22-14-24-32-36(30)40-35(26-17-9-6-10-18-26)34(39-32)25-15-7-5-8-16-25/h5-24H,1-4H3;5-22H,1-4H3;5-24H,1-4H3. The predicted octanol–water partition coefficient (Wildman–Crippen LogP) is 29.6. The molecule has 5 aromatic heterocycles.